The normalized spacial score (nSPS) is 21.3. The number of nitrogens with one attached hydrogen (secondary N) is 1. The van der Waals surface area contributed by atoms with Crippen LogP contribution >= 0.6 is 0 Å². The Morgan fingerprint density at radius 2 is 2.05 bits per heavy atom. The van der Waals surface area contributed by atoms with E-state index in [2.05, 4.69) is 12.2 Å². The third-order valence-electron chi connectivity index (χ3n) is 3.18. The number of benzene rings is 1. The van der Waals surface area contributed by atoms with Gasteiger partial charge in [-0.05, 0) is 38.0 Å². The van der Waals surface area contributed by atoms with Gasteiger partial charge in [-0.15, -0.1) is 0 Å². The van der Waals surface area contributed by atoms with Crippen molar-refractivity contribution in [2.75, 3.05) is 13.2 Å². The maximum Gasteiger partial charge on any atom is 0.251 e. The summed E-state index contributed by atoms with van der Waals surface area (Å²) in [7, 11) is 0. The second-order valence-electron chi connectivity index (χ2n) is 5.21. The van der Waals surface area contributed by atoms with Crippen LogP contribution in [0.15, 0.2) is 24.3 Å². The maximum atomic E-state index is 12.0. The van der Waals surface area contributed by atoms with Crippen molar-refractivity contribution in [3.63, 3.8) is 0 Å². The molecule has 0 saturated carbocycles. The van der Waals surface area contributed by atoms with Gasteiger partial charge in [0.15, 0.2) is 5.79 Å². The fourth-order valence-electron chi connectivity index (χ4n) is 2.06. The van der Waals surface area contributed by atoms with E-state index in [-0.39, 0.29) is 12.0 Å². The average Bonchev–Trinajstić information content (AvgIpc) is 2.76. The maximum absolute atomic E-state index is 12.0. The molecule has 0 spiro atoms. The summed E-state index contributed by atoms with van der Waals surface area (Å²) in [5.41, 5.74) is 1.90. The molecule has 1 aromatic rings. The van der Waals surface area contributed by atoms with Gasteiger partial charge < -0.3 is 14.8 Å². The summed E-state index contributed by atoms with van der Waals surface area (Å²) in [5.74, 6) is -0.617. The molecule has 1 aromatic carbocycles. The van der Waals surface area contributed by atoms with Crippen LogP contribution in [0, 0.1) is 0 Å². The first-order chi connectivity index (χ1) is 9.00. The Bertz CT molecular complexity index is 439. The van der Waals surface area contributed by atoms with Crippen LogP contribution in [0.1, 0.15) is 36.7 Å². The minimum Gasteiger partial charge on any atom is -0.349 e. The van der Waals surface area contributed by atoms with Crippen molar-refractivity contribution in [3.8, 4) is 0 Å². The number of rotatable bonds is 4. The lowest BCUT2D eigenvalue weighted by atomic mass is 10.1. The lowest BCUT2D eigenvalue weighted by Crippen LogP contribution is -2.34. The number of carbonyl (C=O) groups excluding carboxylic acids is 1. The van der Waals surface area contributed by atoms with Gasteiger partial charge in [-0.25, -0.2) is 0 Å². The van der Waals surface area contributed by atoms with Gasteiger partial charge in [0.25, 0.3) is 5.91 Å². The molecule has 1 atom stereocenters. The molecule has 1 saturated heterocycles. The average molecular weight is 263 g/mol. The van der Waals surface area contributed by atoms with Gasteiger partial charge >= 0.3 is 0 Å². The number of amides is 1. The van der Waals surface area contributed by atoms with Gasteiger partial charge in [0, 0.05) is 12.1 Å². The summed E-state index contributed by atoms with van der Waals surface area (Å²) in [6.07, 6.45) is 0.901. The van der Waals surface area contributed by atoms with Crippen molar-refractivity contribution >= 4 is 5.91 Å². The molecule has 0 aromatic heterocycles. The Hall–Kier alpha value is -1.39. The molecule has 104 valence electrons. The fraction of sp³-hybridized carbons (Fsp3) is 0.533. The Kier molecular flexibility index (Phi) is 4.22. The van der Waals surface area contributed by atoms with E-state index in [0.717, 1.165) is 6.42 Å². The largest absolute Gasteiger partial charge is 0.349 e. The molecule has 1 aliphatic heterocycles. The van der Waals surface area contributed by atoms with Crippen LogP contribution in [0.3, 0.4) is 0 Å². The summed E-state index contributed by atoms with van der Waals surface area (Å²) in [6.45, 7) is 6.82. The van der Waals surface area contributed by atoms with Crippen LogP contribution < -0.4 is 5.32 Å². The van der Waals surface area contributed by atoms with Crippen LogP contribution in [0.4, 0.5) is 0 Å². The van der Waals surface area contributed by atoms with E-state index >= 15 is 0 Å². The van der Waals surface area contributed by atoms with Crippen molar-refractivity contribution in [3.05, 3.63) is 35.4 Å². The zero-order valence-electron chi connectivity index (χ0n) is 11.7. The lowest BCUT2D eigenvalue weighted by molar-refractivity contribution is -0.137. The second kappa shape index (κ2) is 5.72. The van der Waals surface area contributed by atoms with Crippen molar-refractivity contribution in [1.82, 2.24) is 5.32 Å². The highest BCUT2D eigenvalue weighted by Crippen LogP contribution is 2.21. The number of hydrogen-bond acceptors (Lipinski definition) is 3. The van der Waals surface area contributed by atoms with E-state index in [1.54, 1.807) is 0 Å². The van der Waals surface area contributed by atoms with Gasteiger partial charge in [0.1, 0.15) is 6.10 Å². The van der Waals surface area contributed by atoms with E-state index in [9.17, 15) is 4.79 Å². The monoisotopic (exact) mass is 263 g/mol. The highest BCUT2D eigenvalue weighted by Gasteiger charge is 2.32. The summed E-state index contributed by atoms with van der Waals surface area (Å²) in [4.78, 5) is 12.0. The van der Waals surface area contributed by atoms with Crippen molar-refractivity contribution in [1.29, 1.82) is 0 Å². The first-order valence-corrected chi connectivity index (χ1v) is 6.69. The van der Waals surface area contributed by atoms with Crippen LogP contribution in [0.5, 0.6) is 0 Å². The fourth-order valence-corrected chi connectivity index (χ4v) is 2.06. The number of ether oxygens (including phenoxy) is 2. The second-order valence-corrected chi connectivity index (χ2v) is 5.21. The summed E-state index contributed by atoms with van der Waals surface area (Å²) in [5, 5.41) is 2.87. The molecule has 1 aliphatic rings. The molecule has 1 unspecified atom stereocenters. The van der Waals surface area contributed by atoms with Crippen LogP contribution in [0.25, 0.3) is 0 Å². The number of aryl methyl sites for hydroxylation is 1. The van der Waals surface area contributed by atoms with E-state index in [1.807, 2.05) is 38.1 Å². The van der Waals surface area contributed by atoms with Gasteiger partial charge in [0.2, 0.25) is 0 Å². The molecule has 1 fully saturated rings. The van der Waals surface area contributed by atoms with Crippen molar-refractivity contribution in [2.45, 2.75) is 39.1 Å². The molecule has 0 bridgehead atoms. The van der Waals surface area contributed by atoms with Gasteiger partial charge in [0.05, 0.1) is 6.61 Å². The Labute approximate surface area is 114 Å². The zero-order valence-corrected chi connectivity index (χ0v) is 11.7. The summed E-state index contributed by atoms with van der Waals surface area (Å²) >= 11 is 0. The Morgan fingerprint density at radius 3 is 2.58 bits per heavy atom. The van der Waals surface area contributed by atoms with E-state index in [1.165, 1.54) is 5.56 Å². The minimum absolute atomic E-state index is 0.0732. The van der Waals surface area contributed by atoms with Crippen LogP contribution in [-0.4, -0.2) is 30.9 Å². The molecule has 1 heterocycles. The Morgan fingerprint density at radius 1 is 1.37 bits per heavy atom. The molecule has 0 radical (unpaired) electrons. The zero-order chi connectivity index (χ0) is 13.9. The highest BCUT2D eigenvalue weighted by molar-refractivity contribution is 5.94. The van der Waals surface area contributed by atoms with Crippen LogP contribution in [-0.2, 0) is 15.9 Å². The molecule has 19 heavy (non-hydrogen) atoms. The Balaban J connectivity index is 1.84. The third-order valence-corrected chi connectivity index (χ3v) is 3.18. The first kappa shape index (κ1) is 14.0. The molecule has 1 amide bonds. The predicted molar refractivity (Wildman–Crippen MR) is 73.1 cm³/mol. The van der Waals surface area contributed by atoms with Gasteiger partial charge in [-0.2, -0.15) is 0 Å². The first-order valence-electron chi connectivity index (χ1n) is 6.69. The molecule has 4 nitrogen and oxygen atoms in total. The third kappa shape index (κ3) is 3.78. The molecular formula is C15H21NO3. The van der Waals surface area contributed by atoms with E-state index in [4.69, 9.17) is 9.47 Å². The number of hydrogen-bond donors (Lipinski definition) is 1. The molecular weight excluding hydrogens is 242 g/mol. The van der Waals surface area contributed by atoms with Crippen molar-refractivity contribution < 1.29 is 14.3 Å². The van der Waals surface area contributed by atoms with E-state index in [0.29, 0.717) is 18.7 Å². The predicted octanol–water partition coefficient (Wildman–Crippen LogP) is 2.13. The lowest BCUT2D eigenvalue weighted by Gasteiger charge is -2.17. The SMILES string of the molecule is CCc1ccc(C(=O)NCC2COC(C)(C)O2)cc1. The van der Waals surface area contributed by atoms with Gasteiger partial charge in [-0.3, -0.25) is 4.79 Å². The highest BCUT2D eigenvalue weighted by atomic mass is 16.7. The number of carbonyl (C=O) groups is 1. The van der Waals surface area contributed by atoms with E-state index < -0.39 is 5.79 Å². The molecule has 4 heteroatoms. The minimum atomic E-state index is -0.543. The molecule has 1 N–H and O–H groups in total. The topological polar surface area (TPSA) is 47.6 Å². The van der Waals surface area contributed by atoms with Crippen molar-refractivity contribution in [2.24, 2.45) is 0 Å². The standard InChI is InChI=1S/C15H21NO3/c1-4-11-5-7-12(8-6-11)14(17)16-9-13-10-18-15(2,3)19-13/h5-8,13H,4,9-10H2,1-3H3,(H,16,17). The smallest absolute Gasteiger partial charge is 0.251 e. The summed E-state index contributed by atoms with van der Waals surface area (Å²) < 4.78 is 11.1. The van der Waals surface area contributed by atoms with Crippen LogP contribution in [0.2, 0.25) is 0 Å². The van der Waals surface area contributed by atoms with Gasteiger partial charge in [-0.1, -0.05) is 19.1 Å². The molecule has 2 rings (SSSR count). The quantitative estimate of drug-likeness (QED) is 0.905. The molecule has 0 aliphatic carbocycles. The summed E-state index contributed by atoms with van der Waals surface area (Å²) in [6, 6.07) is 7.66.